The van der Waals surface area contributed by atoms with Crippen LogP contribution in [0, 0.1) is 0 Å². The van der Waals surface area contributed by atoms with Crippen LogP contribution in [0.2, 0.25) is 0 Å². The van der Waals surface area contributed by atoms with Crippen LogP contribution in [0.4, 0.5) is 4.79 Å². The first-order chi connectivity index (χ1) is 9.60. The van der Waals surface area contributed by atoms with Crippen molar-refractivity contribution in [2.75, 3.05) is 14.2 Å². The van der Waals surface area contributed by atoms with Gasteiger partial charge in [-0.3, -0.25) is 14.5 Å². The van der Waals surface area contributed by atoms with Crippen LogP contribution in [0.25, 0.3) is 6.08 Å². The Morgan fingerprint density at radius 2 is 1.95 bits per heavy atom. The summed E-state index contributed by atoms with van der Waals surface area (Å²) < 4.78 is 5.41. The first kappa shape index (κ1) is 13.2. The zero-order valence-electron chi connectivity index (χ0n) is 11.4. The third-order valence-electron chi connectivity index (χ3n) is 3.72. The van der Waals surface area contributed by atoms with Gasteiger partial charge in [-0.1, -0.05) is 0 Å². The Labute approximate surface area is 121 Å². The van der Waals surface area contributed by atoms with Gasteiger partial charge in [-0.05, 0) is 60.4 Å². The van der Waals surface area contributed by atoms with E-state index in [-0.39, 0.29) is 11.1 Å². The van der Waals surface area contributed by atoms with Crippen LogP contribution in [0.1, 0.15) is 23.1 Å². The molecule has 1 aliphatic heterocycles. The van der Waals surface area contributed by atoms with Crippen LogP contribution < -0.4 is 4.74 Å². The largest absolute Gasteiger partial charge is 0.496 e. The fourth-order valence-electron chi connectivity index (χ4n) is 2.60. The molecule has 5 heteroatoms. The number of hydrogen-bond acceptors (Lipinski definition) is 4. The monoisotopic (exact) mass is 289 g/mol. The van der Waals surface area contributed by atoms with E-state index < -0.39 is 0 Å². The highest BCUT2D eigenvalue weighted by Crippen LogP contribution is 2.35. The minimum Gasteiger partial charge on any atom is -0.496 e. The van der Waals surface area contributed by atoms with Gasteiger partial charge in [0.05, 0.1) is 12.0 Å². The minimum absolute atomic E-state index is 0.235. The summed E-state index contributed by atoms with van der Waals surface area (Å²) in [6.45, 7) is 0. The van der Waals surface area contributed by atoms with Gasteiger partial charge in [0.25, 0.3) is 11.1 Å². The summed E-state index contributed by atoms with van der Waals surface area (Å²) in [7, 11) is 3.12. The number of likely N-dealkylation sites (N-methyl/N-ethyl adjacent to an activating group) is 1. The highest BCUT2D eigenvalue weighted by Gasteiger charge is 2.32. The molecule has 0 unspecified atom stereocenters. The van der Waals surface area contributed by atoms with E-state index in [4.69, 9.17) is 4.74 Å². The number of fused-ring (bicyclic) bond motifs is 1. The third-order valence-corrected chi connectivity index (χ3v) is 4.68. The lowest BCUT2D eigenvalue weighted by molar-refractivity contribution is -0.121. The quantitative estimate of drug-likeness (QED) is 0.785. The molecule has 2 amide bonds. The molecule has 20 heavy (non-hydrogen) atoms. The molecule has 1 aromatic carbocycles. The van der Waals surface area contributed by atoms with Gasteiger partial charge >= 0.3 is 0 Å². The summed E-state index contributed by atoms with van der Waals surface area (Å²) in [4.78, 5) is 25.0. The molecule has 104 valence electrons. The number of aryl methyl sites for hydroxylation is 2. The van der Waals surface area contributed by atoms with Crippen LogP contribution in [-0.2, 0) is 17.6 Å². The zero-order valence-corrected chi connectivity index (χ0v) is 12.3. The van der Waals surface area contributed by atoms with Gasteiger partial charge < -0.3 is 4.74 Å². The Kier molecular flexibility index (Phi) is 3.30. The molecular formula is C15H15NO3S. The van der Waals surface area contributed by atoms with Crippen molar-refractivity contribution in [2.45, 2.75) is 19.3 Å². The molecule has 4 nitrogen and oxygen atoms in total. The molecule has 2 aliphatic rings. The van der Waals surface area contributed by atoms with E-state index in [0.29, 0.717) is 4.91 Å². The van der Waals surface area contributed by atoms with E-state index in [2.05, 4.69) is 6.07 Å². The maximum absolute atomic E-state index is 11.9. The molecular weight excluding hydrogens is 274 g/mol. The van der Waals surface area contributed by atoms with E-state index >= 15 is 0 Å². The Morgan fingerprint density at radius 1 is 1.25 bits per heavy atom. The van der Waals surface area contributed by atoms with Crippen molar-refractivity contribution in [1.82, 2.24) is 4.90 Å². The number of imide groups is 1. The van der Waals surface area contributed by atoms with Crippen molar-refractivity contribution in [2.24, 2.45) is 0 Å². The third kappa shape index (κ3) is 2.12. The summed E-state index contributed by atoms with van der Waals surface area (Å²) in [6, 6.07) is 4.12. The Hall–Kier alpha value is -1.75. The number of nitrogens with zero attached hydrogens (tertiary/aromatic N) is 1. The number of carbonyl (C=O) groups is 2. The van der Waals surface area contributed by atoms with Gasteiger partial charge in [0.1, 0.15) is 5.75 Å². The molecule has 1 heterocycles. The Bertz CT molecular complexity index is 636. The fraction of sp³-hybridized carbons (Fsp3) is 0.333. The van der Waals surface area contributed by atoms with Crippen molar-refractivity contribution in [3.63, 3.8) is 0 Å². The van der Waals surface area contributed by atoms with Crippen molar-refractivity contribution in [3.05, 3.63) is 33.7 Å². The second-order valence-corrected chi connectivity index (χ2v) is 5.95. The van der Waals surface area contributed by atoms with Crippen LogP contribution in [0.3, 0.4) is 0 Å². The molecule has 0 aromatic heterocycles. The van der Waals surface area contributed by atoms with E-state index in [1.165, 1.54) is 18.2 Å². The topological polar surface area (TPSA) is 46.6 Å². The lowest BCUT2D eigenvalue weighted by Crippen LogP contribution is -2.22. The van der Waals surface area contributed by atoms with Crippen LogP contribution in [-0.4, -0.2) is 30.2 Å². The number of amides is 2. The van der Waals surface area contributed by atoms with Crippen LogP contribution in [0.15, 0.2) is 17.0 Å². The molecule has 0 saturated carbocycles. The molecule has 1 aliphatic carbocycles. The average Bonchev–Trinajstić information content (AvgIpc) is 2.98. The molecule has 0 N–H and O–H groups in total. The molecule has 0 bridgehead atoms. The molecule has 0 atom stereocenters. The molecule has 1 saturated heterocycles. The maximum atomic E-state index is 11.9. The number of thioether (sulfide) groups is 1. The number of ether oxygens (including phenoxy) is 1. The van der Waals surface area contributed by atoms with Gasteiger partial charge in [0.15, 0.2) is 0 Å². The minimum atomic E-state index is -0.248. The van der Waals surface area contributed by atoms with Gasteiger partial charge in [-0.25, -0.2) is 0 Å². The number of benzene rings is 1. The van der Waals surface area contributed by atoms with Crippen LogP contribution >= 0.6 is 11.8 Å². The number of hydrogen-bond donors (Lipinski definition) is 0. The molecule has 1 fully saturated rings. The van der Waals surface area contributed by atoms with Gasteiger partial charge in [-0.15, -0.1) is 0 Å². The highest BCUT2D eigenvalue weighted by molar-refractivity contribution is 8.18. The molecule has 0 radical (unpaired) electrons. The van der Waals surface area contributed by atoms with Gasteiger partial charge in [0, 0.05) is 12.6 Å². The number of rotatable bonds is 2. The summed E-state index contributed by atoms with van der Waals surface area (Å²) in [5.41, 5.74) is 3.50. The van der Waals surface area contributed by atoms with Crippen molar-refractivity contribution in [1.29, 1.82) is 0 Å². The summed E-state index contributed by atoms with van der Waals surface area (Å²) in [5, 5.41) is -0.235. The second kappa shape index (κ2) is 4.98. The summed E-state index contributed by atoms with van der Waals surface area (Å²) in [6.07, 6.45) is 5.06. The Balaban J connectivity index is 2.03. The first-order valence-corrected chi connectivity index (χ1v) is 7.33. The zero-order chi connectivity index (χ0) is 14.3. The lowest BCUT2D eigenvalue weighted by Gasteiger charge is -2.09. The van der Waals surface area contributed by atoms with Crippen molar-refractivity contribution in [3.8, 4) is 5.75 Å². The second-order valence-electron chi connectivity index (χ2n) is 4.96. The summed E-state index contributed by atoms with van der Waals surface area (Å²) >= 11 is 0.972. The van der Waals surface area contributed by atoms with E-state index in [0.717, 1.165) is 47.2 Å². The van der Waals surface area contributed by atoms with E-state index in [9.17, 15) is 9.59 Å². The normalized spacial score (nSPS) is 19.9. The van der Waals surface area contributed by atoms with Crippen LogP contribution in [0.5, 0.6) is 5.75 Å². The van der Waals surface area contributed by atoms with Crippen molar-refractivity contribution < 1.29 is 14.3 Å². The van der Waals surface area contributed by atoms with E-state index in [1.807, 2.05) is 6.07 Å². The number of carbonyl (C=O) groups excluding carboxylic acids is 2. The average molecular weight is 289 g/mol. The van der Waals surface area contributed by atoms with Crippen molar-refractivity contribution >= 4 is 29.0 Å². The predicted molar refractivity (Wildman–Crippen MR) is 78.8 cm³/mol. The lowest BCUT2D eigenvalue weighted by atomic mass is 10.0. The fourth-order valence-corrected chi connectivity index (χ4v) is 3.42. The maximum Gasteiger partial charge on any atom is 0.293 e. The smallest absolute Gasteiger partial charge is 0.293 e. The highest BCUT2D eigenvalue weighted by atomic mass is 32.2. The predicted octanol–water partition coefficient (Wildman–Crippen LogP) is 2.85. The molecule has 3 rings (SSSR count). The first-order valence-electron chi connectivity index (χ1n) is 6.51. The molecule has 0 spiro atoms. The summed E-state index contributed by atoms with van der Waals surface area (Å²) in [5.74, 6) is 0.510. The van der Waals surface area contributed by atoms with Gasteiger partial charge in [0.2, 0.25) is 0 Å². The SMILES string of the molecule is COc1cc2c(cc1/C=C1/SC(=O)N(C)C1=O)CCC2. The Morgan fingerprint density at radius 3 is 2.55 bits per heavy atom. The molecule has 1 aromatic rings. The standard InChI is InChI=1S/C15H15NO3S/c1-16-14(17)13(20-15(16)18)8-11-6-9-4-3-5-10(9)7-12(11)19-2/h6-8H,3-5H2,1-2H3/b13-8+. The van der Waals surface area contributed by atoms with Gasteiger partial charge in [-0.2, -0.15) is 0 Å². The number of methoxy groups -OCH3 is 1. The van der Waals surface area contributed by atoms with E-state index in [1.54, 1.807) is 13.2 Å².